The molecule has 0 aliphatic heterocycles. The SMILES string of the molecule is NCCS(=O)c1ccc(-c2ccc3oc(N)nc3c2)c(/C(N)=N/NN)c1S(N)(=O)=O. The van der Waals surface area contributed by atoms with Gasteiger partial charge in [-0.2, -0.15) is 4.98 Å². The summed E-state index contributed by atoms with van der Waals surface area (Å²) < 4.78 is 42.9. The maximum absolute atomic E-state index is 12.6. The van der Waals surface area contributed by atoms with Gasteiger partial charge in [0.15, 0.2) is 11.4 Å². The van der Waals surface area contributed by atoms with E-state index in [1.54, 1.807) is 24.3 Å². The summed E-state index contributed by atoms with van der Waals surface area (Å²) in [6.07, 6.45) is 0. The smallest absolute Gasteiger partial charge is 0.292 e. The van der Waals surface area contributed by atoms with E-state index < -0.39 is 25.7 Å². The maximum Gasteiger partial charge on any atom is 0.292 e. The third kappa shape index (κ3) is 4.12. The van der Waals surface area contributed by atoms with Gasteiger partial charge in [0.25, 0.3) is 6.01 Å². The van der Waals surface area contributed by atoms with E-state index >= 15 is 0 Å². The van der Waals surface area contributed by atoms with Crippen LogP contribution in [0.4, 0.5) is 6.01 Å². The van der Waals surface area contributed by atoms with Gasteiger partial charge in [-0.25, -0.2) is 24.9 Å². The van der Waals surface area contributed by atoms with Gasteiger partial charge in [0.2, 0.25) is 10.0 Å². The first kappa shape index (κ1) is 21.7. The van der Waals surface area contributed by atoms with Gasteiger partial charge in [0, 0.05) is 17.9 Å². The monoisotopic (exact) mass is 452 g/mol. The van der Waals surface area contributed by atoms with Crippen molar-refractivity contribution in [2.24, 2.45) is 27.6 Å². The number of oxazole rings is 1. The number of nitrogens with one attached hydrogen (secondary N) is 1. The second-order valence-corrected chi connectivity index (χ2v) is 9.10. The molecule has 3 rings (SSSR count). The molecule has 14 heteroatoms. The molecule has 160 valence electrons. The number of amidine groups is 1. The van der Waals surface area contributed by atoms with Crippen molar-refractivity contribution in [3.05, 3.63) is 35.9 Å². The molecule has 1 atom stereocenters. The molecule has 1 heterocycles. The van der Waals surface area contributed by atoms with Gasteiger partial charge in [-0.1, -0.05) is 12.1 Å². The molecule has 3 aromatic rings. The van der Waals surface area contributed by atoms with E-state index in [1.165, 1.54) is 6.07 Å². The summed E-state index contributed by atoms with van der Waals surface area (Å²) in [4.78, 5) is 3.60. The zero-order chi connectivity index (χ0) is 22.1. The van der Waals surface area contributed by atoms with Crippen molar-refractivity contribution in [1.82, 2.24) is 10.5 Å². The van der Waals surface area contributed by atoms with Crippen LogP contribution in [-0.4, -0.2) is 35.7 Å². The number of nitrogen functional groups attached to an aromatic ring is 1. The van der Waals surface area contributed by atoms with E-state index in [0.29, 0.717) is 22.2 Å². The van der Waals surface area contributed by atoms with Gasteiger partial charge in [-0.15, -0.1) is 5.10 Å². The summed E-state index contributed by atoms with van der Waals surface area (Å²) in [5.74, 6) is 4.98. The van der Waals surface area contributed by atoms with Crippen LogP contribution in [0, 0.1) is 0 Å². The van der Waals surface area contributed by atoms with E-state index in [4.69, 9.17) is 32.6 Å². The minimum Gasteiger partial charge on any atom is -0.424 e. The third-order valence-corrected chi connectivity index (χ3v) is 6.67. The fraction of sp³-hybridized carbons (Fsp3) is 0.125. The van der Waals surface area contributed by atoms with Crippen molar-refractivity contribution in [1.29, 1.82) is 0 Å². The van der Waals surface area contributed by atoms with Crippen molar-refractivity contribution in [2.45, 2.75) is 9.79 Å². The highest BCUT2D eigenvalue weighted by molar-refractivity contribution is 7.91. The number of fused-ring (bicyclic) bond motifs is 1. The standard InChI is InChI=1S/C16H20N8O4S2/c17-5-6-29(25)12-4-2-9(8-1-3-11-10(7-8)22-16(19)28-11)13(15(18)23-24-20)14(12)30(21,26)27/h1-4,7,24H,5-6,17,20H2,(H2,18,23)(H2,19,22)(H2,21,26,27). The van der Waals surface area contributed by atoms with Gasteiger partial charge >= 0.3 is 0 Å². The highest BCUT2D eigenvalue weighted by Crippen LogP contribution is 2.34. The largest absolute Gasteiger partial charge is 0.424 e. The number of hydrogen-bond donors (Lipinski definition) is 6. The highest BCUT2D eigenvalue weighted by atomic mass is 32.2. The first-order valence-electron chi connectivity index (χ1n) is 8.41. The molecule has 0 fully saturated rings. The van der Waals surface area contributed by atoms with E-state index in [9.17, 15) is 12.6 Å². The summed E-state index contributed by atoms with van der Waals surface area (Å²) >= 11 is 0. The number of hydrogen-bond acceptors (Lipinski definition) is 10. The van der Waals surface area contributed by atoms with Gasteiger partial charge in [-0.3, -0.25) is 4.21 Å². The Morgan fingerprint density at radius 1 is 1.27 bits per heavy atom. The Morgan fingerprint density at radius 2 is 2.00 bits per heavy atom. The molecule has 0 aliphatic rings. The van der Waals surface area contributed by atoms with E-state index in [-0.39, 0.29) is 34.6 Å². The van der Waals surface area contributed by atoms with Crippen molar-refractivity contribution in [2.75, 3.05) is 18.0 Å². The van der Waals surface area contributed by atoms with Crippen LogP contribution in [0.15, 0.2) is 49.6 Å². The molecular weight excluding hydrogens is 432 g/mol. The lowest BCUT2D eigenvalue weighted by atomic mass is 9.98. The summed E-state index contributed by atoms with van der Waals surface area (Å²) in [5.41, 5.74) is 20.8. The van der Waals surface area contributed by atoms with Crippen LogP contribution < -0.4 is 33.7 Å². The number of benzene rings is 2. The van der Waals surface area contributed by atoms with Crippen molar-refractivity contribution < 1.29 is 17.0 Å². The average molecular weight is 453 g/mol. The molecule has 30 heavy (non-hydrogen) atoms. The molecule has 0 amide bonds. The van der Waals surface area contributed by atoms with Crippen LogP contribution in [0.3, 0.4) is 0 Å². The zero-order valence-corrected chi connectivity index (χ0v) is 17.2. The molecule has 0 aliphatic carbocycles. The van der Waals surface area contributed by atoms with Gasteiger partial charge in [0.05, 0.1) is 15.7 Å². The van der Waals surface area contributed by atoms with Crippen LogP contribution in [0.1, 0.15) is 5.56 Å². The Morgan fingerprint density at radius 3 is 2.63 bits per heavy atom. The average Bonchev–Trinajstić information content (AvgIpc) is 3.05. The summed E-state index contributed by atoms with van der Waals surface area (Å²) in [7, 11) is -6.12. The van der Waals surface area contributed by atoms with Gasteiger partial charge in [0.1, 0.15) is 10.4 Å². The van der Waals surface area contributed by atoms with Crippen molar-refractivity contribution >= 4 is 43.8 Å². The Kier molecular flexibility index (Phi) is 6.04. The number of rotatable bonds is 7. The van der Waals surface area contributed by atoms with Crippen molar-refractivity contribution in [3.63, 3.8) is 0 Å². The molecule has 0 saturated carbocycles. The predicted molar refractivity (Wildman–Crippen MR) is 114 cm³/mol. The molecular formula is C16H20N8O4S2. The molecule has 0 spiro atoms. The second-order valence-electron chi connectivity index (χ2n) is 6.06. The normalized spacial score (nSPS) is 13.5. The van der Waals surface area contributed by atoms with E-state index in [0.717, 1.165) is 0 Å². The number of anilines is 1. The number of aromatic nitrogens is 1. The Balaban J connectivity index is 2.39. The lowest BCUT2D eigenvalue weighted by Gasteiger charge is -2.17. The number of hydrazine groups is 1. The third-order valence-electron chi connectivity index (χ3n) is 4.11. The highest BCUT2D eigenvalue weighted by Gasteiger charge is 2.28. The molecule has 2 aromatic carbocycles. The lowest BCUT2D eigenvalue weighted by Crippen LogP contribution is -2.28. The summed E-state index contributed by atoms with van der Waals surface area (Å²) in [5, 5.41) is 9.16. The van der Waals surface area contributed by atoms with E-state index in [1.807, 2.05) is 5.53 Å². The quantitative estimate of drug-likeness (QED) is 0.109. The molecule has 0 radical (unpaired) electrons. The fourth-order valence-electron chi connectivity index (χ4n) is 2.98. The fourth-order valence-corrected chi connectivity index (χ4v) is 5.41. The molecule has 1 unspecified atom stereocenters. The molecule has 1 aromatic heterocycles. The van der Waals surface area contributed by atoms with Crippen LogP contribution in [0.5, 0.6) is 0 Å². The topological polar surface area (TPSA) is 232 Å². The molecule has 0 saturated heterocycles. The Labute approximate surface area is 173 Å². The van der Waals surface area contributed by atoms with Gasteiger partial charge in [-0.05, 0) is 29.3 Å². The number of hydrazone groups is 1. The first-order valence-corrected chi connectivity index (χ1v) is 11.3. The predicted octanol–water partition coefficient (Wildman–Crippen LogP) is -1.13. The number of sulfonamides is 1. The van der Waals surface area contributed by atoms with Crippen LogP contribution in [0.25, 0.3) is 22.2 Å². The Hall–Kier alpha value is -3.04. The summed E-state index contributed by atoms with van der Waals surface area (Å²) in [6.45, 7) is 0.0753. The summed E-state index contributed by atoms with van der Waals surface area (Å²) in [6, 6.07) is 7.82. The second kappa shape index (κ2) is 8.37. The molecule has 12 nitrogen and oxygen atoms in total. The number of nitrogens with zero attached hydrogens (tertiary/aromatic N) is 2. The zero-order valence-electron chi connectivity index (χ0n) is 15.5. The van der Waals surface area contributed by atoms with Crippen LogP contribution in [-0.2, 0) is 20.8 Å². The van der Waals surface area contributed by atoms with Crippen LogP contribution in [0.2, 0.25) is 0 Å². The van der Waals surface area contributed by atoms with E-state index in [2.05, 4.69) is 10.1 Å². The number of primary sulfonamides is 1. The van der Waals surface area contributed by atoms with Crippen molar-refractivity contribution in [3.8, 4) is 11.1 Å². The minimum atomic E-state index is -4.38. The molecule has 11 N–H and O–H groups in total. The molecule has 0 bridgehead atoms. The maximum atomic E-state index is 12.6. The lowest BCUT2D eigenvalue weighted by molar-refractivity contribution is 0.594. The van der Waals surface area contributed by atoms with Gasteiger partial charge < -0.3 is 21.6 Å². The minimum absolute atomic E-state index is 0.0199. The van der Waals surface area contributed by atoms with Crippen LogP contribution >= 0.6 is 0 Å². The first-order chi connectivity index (χ1) is 14.2. The Bertz CT molecular complexity index is 1270. The number of nitrogens with two attached hydrogens (primary N) is 5.